The van der Waals surface area contributed by atoms with Crippen LogP contribution in [-0.2, 0) is 17.9 Å². The largest absolute Gasteiger partial charge is 0.370 e. The molecule has 0 unspecified atom stereocenters. The maximum absolute atomic E-state index is 14.5. The van der Waals surface area contributed by atoms with Crippen LogP contribution in [0.2, 0.25) is 0 Å². The molecule has 30 heavy (non-hydrogen) atoms. The molecule has 1 aromatic heterocycles. The predicted molar refractivity (Wildman–Crippen MR) is 118 cm³/mol. The van der Waals surface area contributed by atoms with Gasteiger partial charge in [0.1, 0.15) is 11.5 Å². The highest BCUT2D eigenvalue weighted by Gasteiger charge is 2.20. The molecule has 1 fully saturated rings. The summed E-state index contributed by atoms with van der Waals surface area (Å²) in [5.74, 6) is -0.746. The predicted octanol–water partition coefficient (Wildman–Crippen LogP) is 3.98. The first kappa shape index (κ1) is 20.2. The Balaban J connectivity index is 1.53. The number of amides is 1. The van der Waals surface area contributed by atoms with Crippen LogP contribution in [0.3, 0.4) is 0 Å². The number of halogens is 1. The molecule has 1 amide bonds. The van der Waals surface area contributed by atoms with Gasteiger partial charge in [-0.1, -0.05) is 25.1 Å². The van der Waals surface area contributed by atoms with Crippen LogP contribution in [0.25, 0.3) is 11.0 Å². The molecule has 1 aliphatic rings. The van der Waals surface area contributed by atoms with Crippen LogP contribution in [0.5, 0.6) is 0 Å². The summed E-state index contributed by atoms with van der Waals surface area (Å²) in [5.41, 5.74) is 2.51. The van der Waals surface area contributed by atoms with E-state index in [1.165, 1.54) is 6.07 Å². The minimum absolute atomic E-state index is 0.0911. The molecular formula is C23H27FN4O2. The molecule has 7 heteroatoms. The number of imidazole rings is 1. The second-order valence-electron chi connectivity index (χ2n) is 7.70. The lowest BCUT2D eigenvalue weighted by Crippen LogP contribution is -2.26. The van der Waals surface area contributed by atoms with Crippen molar-refractivity contribution >= 4 is 28.3 Å². The number of aromatic nitrogens is 2. The molecule has 6 nitrogen and oxygen atoms in total. The lowest BCUT2D eigenvalue weighted by atomic mass is 10.2. The van der Waals surface area contributed by atoms with E-state index in [2.05, 4.69) is 10.2 Å². The van der Waals surface area contributed by atoms with Gasteiger partial charge in [0.2, 0.25) is 5.91 Å². The van der Waals surface area contributed by atoms with E-state index in [4.69, 9.17) is 0 Å². The number of hydrogen-bond donors (Lipinski definition) is 1. The number of fused-ring (bicyclic) bond motifs is 1. The van der Waals surface area contributed by atoms with Crippen LogP contribution < -0.4 is 15.9 Å². The summed E-state index contributed by atoms with van der Waals surface area (Å²) in [6.07, 6.45) is 3.07. The Morgan fingerprint density at radius 2 is 1.67 bits per heavy atom. The normalized spacial score (nSPS) is 13.9. The highest BCUT2D eigenvalue weighted by Crippen LogP contribution is 2.31. The van der Waals surface area contributed by atoms with E-state index in [-0.39, 0.29) is 30.2 Å². The number of nitrogens with one attached hydrogen (secondary N) is 1. The van der Waals surface area contributed by atoms with Gasteiger partial charge in [0, 0.05) is 32.6 Å². The SMILES string of the molecule is CCCn1c(=O)n(CCC(=O)Nc2c(F)cccc2N2CCCC2)c2ccccc21. The minimum Gasteiger partial charge on any atom is -0.370 e. The first-order valence-corrected chi connectivity index (χ1v) is 10.6. The summed E-state index contributed by atoms with van der Waals surface area (Å²) >= 11 is 0. The highest BCUT2D eigenvalue weighted by molar-refractivity contribution is 5.94. The molecule has 0 spiro atoms. The van der Waals surface area contributed by atoms with E-state index < -0.39 is 5.82 Å². The summed E-state index contributed by atoms with van der Waals surface area (Å²) in [6, 6.07) is 12.5. The Labute approximate surface area is 174 Å². The van der Waals surface area contributed by atoms with Gasteiger partial charge in [-0.25, -0.2) is 9.18 Å². The average molecular weight is 410 g/mol. The number of carbonyl (C=O) groups excluding carboxylic acids is 1. The molecule has 0 radical (unpaired) electrons. The molecule has 0 aliphatic carbocycles. The van der Waals surface area contributed by atoms with Crippen molar-refractivity contribution in [3.8, 4) is 0 Å². The Morgan fingerprint density at radius 1 is 1.00 bits per heavy atom. The van der Waals surface area contributed by atoms with Crippen LogP contribution >= 0.6 is 0 Å². The number of hydrogen-bond acceptors (Lipinski definition) is 3. The van der Waals surface area contributed by atoms with Crippen molar-refractivity contribution in [3.05, 3.63) is 58.8 Å². The van der Waals surface area contributed by atoms with Gasteiger partial charge < -0.3 is 10.2 Å². The molecule has 3 aromatic rings. The van der Waals surface area contributed by atoms with E-state index in [0.717, 1.165) is 49.1 Å². The summed E-state index contributed by atoms with van der Waals surface area (Å²) < 4.78 is 17.9. The fraction of sp³-hybridized carbons (Fsp3) is 0.391. The molecule has 0 saturated carbocycles. The average Bonchev–Trinajstić information content (AvgIpc) is 3.36. The van der Waals surface area contributed by atoms with Crippen molar-refractivity contribution in [1.29, 1.82) is 0 Å². The van der Waals surface area contributed by atoms with Crippen LogP contribution in [0.15, 0.2) is 47.3 Å². The van der Waals surface area contributed by atoms with Gasteiger partial charge in [0.05, 0.1) is 16.7 Å². The molecule has 158 valence electrons. The zero-order valence-electron chi connectivity index (χ0n) is 17.2. The fourth-order valence-electron chi connectivity index (χ4n) is 4.20. The number of carbonyl (C=O) groups is 1. The highest BCUT2D eigenvalue weighted by atomic mass is 19.1. The molecule has 2 aromatic carbocycles. The standard InChI is InChI=1S/C23H27FN4O2/c1-2-13-27-18-9-3-4-10-19(18)28(23(27)30)16-12-21(29)25-22-17(24)8-7-11-20(22)26-14-5-6-15-26/h3-4,7-11H,2,5-6,12-16H2,1H3,(H,25,29). The second kappa shape index (κ2) is 8.73. The third-order valence-corrected chi connectivity index (χ3v) is 5.64. The molecule has 0 atom stereocenters. The first-order chi connectivity index (χ1) is 14.6. The number of anilines is 2. The lowest BCUT2D eigenvalue weighted by molar-refractivity contribution is -0.116. The van der Waals surface area contributed by atoms with Gasteiger partial charge in [-0.2, -0.15) is 0 Å². The Hall–Kier alpha value is -3.09. The van der Waals surface area contributed by atoms with E-state index in [9.17, 15) is 14.0 Å². The fourth-order valence-corrected chi connectivity index (χ4v) is 4.20. The molecule has 0 bridgehead atoms. The van der Waals surface area contributed by atoms with E-state index in [1.807, 2.05) is 37.3 Å². The third-order valence-electron chi connectivity index (χ3n) is 5.64. The van der Waals surface area contributed by atoms with Crippen molar-refractivity contribution in [1.82, 2.24) is 9.13 Å². The molecular weight excluding hydrogens is 383 g/mol. The molecule has 1 N–H and O–H groups in total. The number of para-hydroxylation sites is 3. The summed E-state index contributed by atoms with van der Waals surface area (Å²) in [6.45, 7) is 4.62. The van der Waals surface area contributed by atoms with Crippen molar-refractivity contribution in [2.45, 2.75) is 45.7 Å². The Bertz CT molecular complexity index is 1110. The van der Waals surface area contributed by atoms with Crippen molar-refractivity contribution in [2.24, 2.45) is 0 Å². The third kappa shape index (κ3) is 3.84. The topological polar surface area (TPSA) is 59.3 Å². The van der Waals surface area contributed by atoms with Gasteiger partial charge in [-0.15, -0.1) is 0 Å². The second-order valence-corrected chi connectivity index (χ2v) is 7.70. The van der Waals surface area contributed by atoms with Gasteiger partial charge in [-0.05, 0) is 43.5 Å². The number of nitrogens with zero attached hydrogens (tertiary/aromatic N) is 3. The summed E-state index contributed by atoms with van der Waals surface area (Å²) in [4.78, 5) is 27.6. The number of aryl methyl sites for hydroxylation is 2. The van der Waals surface area contributed by atoms with E-state index >= 15 is 0 Å². The maximum Gasteiger partial charge on any atom is 0.329 e. The Kier molecular flexibility index (Phi) is 5.88. The van der Waals surface area contributed by atoms with Crippen LogP contribution in [-0.4, -0.2) is 28.1 Å². The Morgan fingerprint density at radius 3 is 2.33 bits per heavy atom. The quantitative estimate of drug-likeness (QED) is 0.641. The van der Waals surface area contributed by atoms with Gasteiger partial charge in [-0.3, -0.25) is 13.9 Å². The monoisotopic (exact) mass is 410 g/mol. The van der Waals surface area contributed by atoms with Gasteiger partial charge in [0.15, 0.2) is 0 Å². The lowest BCUT2D eigenvalue weighted by Gasteiger charge is -2.22. The minimum atomic E-state index is -0.440. The van der Waals surface area contributed by atoms with Gasteiger partial charge in [0.25, 0.3) is 0 Å². The van der Waals surface area contributed by atoms with Gasteiger partial charge >= 0.3 is 5.69 Å². The van der Waals surface area contributed by atoms with Crippen molar-refractivity contribution in [2.75, 3.05) is 23.3 Å². The molecule has 2 heterocycles. The van der Waals surface area contributed by atoms with E-state index in [1.54, 1.807) is 15.2 Å². The maximum atomic E-state index is 14.5. The van der Waals surface area contributed by atoms with Crippen molar-refractivity contribution in [3.63, 3.8) is 0 Å². The number of benzene rings is 2. The smallest absolute Gasteiger partial charge is 0.329 e. The number of rotatable bonds is 7. The molecule has 1 saturated heterocycles. The van der Waals surface area contributed by atoms with Crippen LogP contribution in [0.1, 0.15) is 32.6 Å². The zero-order valence-corrected chi connectivity index (χ0v) is 17.2. The summed E-state index contributed by atoms with van der Waals surface area (Å²) in [7, 11) is 0. The zero-order chi connectivity index (χ0) is 21.1. The summed E-state index contributed by atoms with van der Waals surface area (Å²) in [5, 5.41) is 2.75. The van der Waals surface area contributed by atoms with Crippen LogP contribution in [0, 0.1) is 5.82 Å². The first-order valence-electron chi connectivity index (χ1n) is 10.6. The molecule has 4 rings (SSSR count). The van der Waals surface area contributed by atoms with E-state index in [0.29, 0.717) is 6.54 Å². The van der Waals surface area contributed by atoms with Crippen molar-refractivity contribution < 1.29 is 9.18 Å². The molecule has 1 aliphatic heterocycles. The van der Waals surface area contributed by atoms with Crippen LogP contribution in [0.4, 0.5) is 15.8 Å².